The van der Waals surface area contributed by atoms with Crippen LogP contribution in [0.4, 0.5) is 0 Å². The molecule has 1 aliphatic rings. The summed E-state index contributed by atoms with van der Waals surface area (Å²) in [5.74, 6) is -1.98. The van der Waals surface area contributed by atoms with Crippen molar-refractivity contribution in [2.75, 3.05) is 13.7 Å². The van der Waals surface area contributed by atoms with Crippen molar-refractivity contribution in [1.29, 1.82) is 0 Å². The number of aliphatic carboxylic acids is 1. The summed E-state index contributed by atoms with van der Waals surface area (Å²) in [6, 6.07) is 4.43. The lowest BCUT2D eigenvalue weighted by atomic mass is 10.1. The number of hydrogen-bond acceptors (Lipinski definition) is 4. The van der Waals surface area contributed by atoms with Crippen LogP contribution >= 0.6 is 0 Å². The topological polar surface area (TPSA) is 83.9 Å². The van der Waals surface area contributed by atoms with E-state index in [0.29, 0.717) is 10.6 Å². The van der Waals surface area contributed by atoms with Crippen molar-refractivity contribution < 1.29 is 24.2 Å². The highest BCUT2D eigenvalue weighted by Crippen LogP contribution is 2.26. The molecule has 0 unspecified atom stereocenters. The van der Waals surface area contributed by atoms with Gasteiger partial charge in [-0.3, -0.25) is 19.3 Å². The van der Waals surface area contributed by atoms with E-state index < -0.39 is 24.3 Å². The molecule has 0 bridgehead atoms. The second-order valence-electron chi connectivity index (χ2n) is 3.50. The van der Waals surface area contributed by atoms with Gasteiger partial charge in [0, 0.05) is 0 Å². The Labute approximate surface area is 96.4 Å². The highest BCUT2D eigenvalue weighted by Gasteiger charge is 2.36. The standard InChI is InChI=1S/C11H9NO5/c1-17-6-2-3-7-8(4-6)11(16)12(10(7)15)5-9(13)14/h2-4H,5H2,1H3,(H,13,14). The summed E-state index contributed by atoms with van der Waals surface area (Å²) in [6.07, 6.45) is 0. The highest BCUT2D eigenvalue weighted by molar-refractivity contribution is 6.22. The predicted octanol–water partition coefficient (Wildman–Crippen LogP) is 0.376. The van der Waals surface area contributed by atoms with Crippen molar-refractivity contribution in [3.63, 3.8) is 0 Å². The first-order valence-corrected chi connectivity index (χ1v) is 4.80. The zero-order valence-electron chi connectivity index (χ0n) is 8.97. The molecule has 1 aromatic rings. The maximum absolute atomic E-state index is 11.8. The Hall–Kier alpha value is -2.37. The molecular weight excluding hydrogens is 226 g/mol. The number of amides is 2. The molecule has 0 aromatic heterocycles. The molecule has 1 aliphatic heterocycles. The smallest absolute Gasteiger partial charge is 0.323 e. The molecule has 0 radical (unpaired) electrons. The summed E-state index contributed by atoms with van der Waals surface area (Å²) >= 11 is 0. The second-order valence-corrected chi connectivity index (χ2v) is 3.50. The lowest BCUT2D eigenvalue weighted by Crippen LogP contribution is -2.34. The fourth-order valence-corrected chi connectivity index (χ4v) is 1.68. The molecular formula is C11H9NO5. The van der Waals surface area contributed by atoms with Gasteiger partial charge in [0.2, 0.25) is 0 Å². The molecule has 1 aromatic carbocycles. The van der Waals surface area contributed by atoms with Crippen molar-refractivity contribution in [3.05, 3.63) is 29.3 Å². The van der Waals surface area contributed by atoms with Gasteiger partial charge in [0.1, 0.15) is 12.3 Å². The minimum absolute atomic E-state index is 0.176. The number of methoxy groups -OCH3 is 1. The summed E-state index contributed by atoms with van der Waals surface area (Å²) in [5.41, 5.74) is 0.382. The van der Waals surface area contributed by atoms with Crippen LogP contribution < -0.4 is 4.74 Å². The molecule has 0 aliphatic carbocycles. The van der Waals surface area contributed by atoms with Gasteiger partial charge in [-0.2, -0.15) is 0 Å². The van der Waals surface area contributed by atoms with Gasteiger partial charge in [-0.25, -0.2) is 0 Å². The first kappa shape index (κ1) is 11.1. The Morgan fingerprint density at radius 3 is 2.53 bits per heavy atom. The van der Waals surface area contributed by atoms with Crippen molar-refractivity contribution in [2.24, 2.45) is 0 Å². The van der Waals surface area contributed by atoms with E-state index >= 15 is 0 Å². The molecule has 0 saturated heterocycles. The number of carboxylic acid groups (broad SMARTS) is 1. The van der Waals surface area contributed by atoms with Gasteiger partial charge in [-0.05, 0) is 18.2 Å². The minimum atomic E-state index is -1.23. The van der Waals surface area contributed by atoms with E-state index in [4.69, 9.17) is 9.84 Å². The van der Waals surface area contributed by atoms with Crippen LogP contribution in [0, 0.1) is 0 Å². The van der Waals surface area contributed by atoms with Crippen LogP contribution in [0.15, 0.2) is 18.2 Å². The normalized spacial score (nSPS) is 13.8. The Balaban J connectivity index is 2.42. The quantitative estimate of drug-likeness (QED) is 0.765. The van der Waals surface area contributed by atoms with Crippen molar-refractivity contribution in [1.82, 2.24) is 4.90 Å². The van der Waals surface area contributed by atoms with Crippen molar-refractivity contribution in [3.8, 4) is 5.75 Å². The van der Waals surface area contributed by atoms with Gasteiger partial charge < -0.3 is 9.84 Å². The third kappa shape index (κ3) is 1.73. The summed E-state index contributed by atoms with van der Waals surface area (Å²) in [5, 5.41) is 8.62. The molecule has 17 heavy (non-hydrogen) atoms. The Morgan fingerprint density at radius 1 is 1.29 bits per heavy atom. The van der Waals surface area contributed by atoms with E-state index in [0.717, 1.165) is 0 Å². The van der Waals surface area contributed by atoms with Gasteiger partial charge in [0.05, 0.1) is 18.2 Å². The number of carboxylic acids is 1. The molecule has 88 valence electrons. The summed E-state index contributed by atoms with van der Waals surface area (Å²) in [4.78, 5) is 34.8. The largest absolute Gasteiger partial charge is 0.497 e. The number of nitrogens with zero attached hydrogens (tertiary/aromatic N) is 1. The van der Waals surface area contributed by atoms with Gasteiger partial charge in [-0.1, -0.05) is 0 Å². The zero-order chi connectivity index (χ0) is 12.6. The molecule has 0 atom stereocenters. The number of carbonyl (C=O) groups is 3. The first-order valence-electron chi connectivity index (χ1n) is 4.80. The Kier molecular flexibility index (Phi) is 2.55. The maximum atomic E-state index is 11.8. The van der Waals surface area contributed by atoms with Crippen LogP contribution in [0.1, 0.15) is 20.7 Å². The molecule has 6 nitrogen and oxygen atoms in total. The third-order valence-electron chi connectivity index (χ3n) is 2.47. The first-order chi connectivity index (χ1) is 8.04. The molecule has 2 rings (SSSR count). The molecule has 1 heterocycles. The van der Waals surface area contributed by atoms with E-state index in [9.17, 15) is 14.4 Å². The zero-order valence-corrected chi connectivity index (χ0v) is 8.97. The number of hydrogen-bond donors (Lipinski definition) is 1. The van der Waals surface area contributed by atoms with Crippen LogP contribution in [0.3, 0.4) is 0 Å². The van der Waals surface area contributed by atoms with E-state index in [1.807, 2.05) is 0 Å². The fourth-order valence-electron chi connectivity index (χ4n) is 1.68. The maximum Gasteiger partial charge on any atom is 0.323 e. The number of rotatable bonds is 3. The predicted molar refractivity (Wildman–Crippen MR) is 56.0 cm³/mol. The van der Waals surface area contributed by atoms with E-state index in [2.05, 4.69) is 0 Å². The molecule has 0 fully saturated rings. The summed E-state index contributed by atoms with van der Waals surface area (Å²) < 4.78 is 4.94. The number of ether oxygens (including phenoxy) is 1. The van der Waals surface area contributed by atoms with Gasteiger partial charge in [0.15, 0.2) is 0 Å². The van der Waals surface area contributed by atoms with E-state index in [-0.39, 0.29) is 11.1 Å². The second kappa shape index (κ2) is 3.89. The number of fused-ring (bicyclic) bond motifs is 1. The minimum Gasteiger partial charge on any atom is -0.497 e. The third-order valence-corrected chi connectivity index (χ3v) is 2.47. The SMILES string of the molecule is COc1ccc2c(c1)C(=O)N(CC(=O)O)C2=O. The average Bonchev–Trinajstić information content (AvgIpc) is 2.53. The van der Waals surface area contributed by atoms with E-state index in [1.165, 1.54) is 19.2 Å². The van der Waals surface area contributed by atoms with Gasteiger partial charge in [0.25, 0.3) is 11.8 Å². The van der Waals surface area contributed by atoms with Crippen LogP contribution in [-0.2, 0) is 4.79 Å². The van der Waals surface area contributed by atoms with Crippen LogP contribution in [0.25, 0.3) is 0 Å². The monoisotopic (exact) mass is 235 g/mol. The lowest BCUT2D eigenvalue weighted by molar-refractivity contribution is -0.137. The molecule has 2 amide bonds. The van der Waals surface area contributed by atoms with Crippen LogP contribution in [0.5, 0.6) is 5.75 Å². The molecule has 0 saturated carbocycles. The van der Waals surface area contributed by atoms with Crippen molar-refractivity contribution in [2.45, 2.75) is 0 Å². The van der Waals surface area contributed by atoms with Gasteiger partial charge in [-0.15, -0.1) is 0 Å². The summed E-state index contributed by atoms with van der Waals surface area (Å²) in [6.45, 7) is -0.630. The molecule has 6 heteroatoms. The van der Waals surface area contributed by atoms with Crippen LogP contribution in [0.2, 0.25) is 0 Å². The van der Waals surface area contributed by atoms with Crippen LogP contribution in [-0.4, -0.2) is 41.4 Å². The highest BCUT2D eigenvalue weighted by atomic mass is 16.5. The Bertz CT molecular complexity index is 523. The number of carbonyl (C=O) groups excluding carboxylic acids is 2. The average molecular weight is 235 g/mol. The van der Waals surface area contributed by atoms with Gasteiger partial charge >= 0.3 is 5.97 Å². The molecule has 0 spiro atoms. The lowest BCUT2D eigenvalue weighted by Gasteiger charge is -2.09. The molecule has 1 N–H and O–H groups in total. The van der Waals surface area contributed by atoms with E-state index in [1.54, 1.807) is 6.07 Å². The van der Waals surface area contributed by atoms with Crippen molar-refractivity contribution >= 4 is 17.8 Å². The number of imide groups is 1. The fraction of sp³-hybridized carbons (Fsp3) is 0.182. The summed E-state index contributed by atoms with van der Waals surface area (Å²) in [7, 11) is 1.44. The Morgan fingerprint density at radius 2 is 1.94 bits per heavy atom. The number of benzene rings is 1.